The summed E-state index contributed by atoms with van der Waals surface area (Å²) in [5.41, 5.74) is 0. The third-order valence-corrected chi connectivity index (χ3v) is 4.15. The summed E-state index contributed by atoms with van der Waals surface area (Å²) in [4.78, 5) is 6.92. The van der Waals surface area contributed by atoms with E-state index >= 15 is 0 Å². The van der Waals surface area contributed by atoms with Crippen molar-refractivity contribution < 1.29 is 4.74 Å². The molecule has 0 radical (unpaired) electrons. The molecule has 3 heteroatoms. The number of hydrogen-bond donors (Lipinski definition) is 0. The second-order valence-corrected chi connectivity index (χ2v) is 5.51. The molecule has 3 rings (SSSR count). The van der Waals surface area contributed by atoms with Gasteiger partial charge in [0.25, 0.3) is 0 Å². The third kappa shape index (κ3) is 1.88. The average Bonchev–Trinajstić information content (AvgIpc) is 2.38. The minimum atomic E-state index is 0.526. The largest absolute Gasteiger partial charge is 0.488 e. The van der Waals surface area contributed by atoms with Crippen molar-refractivity contribution in [1.29, 1.82) is 0 Å². The molecule has 2 atom stereocenters. The number of pyridine rings is 1. The zero-order valence-electron chi connectivity index (χ0n) is 10.6. The van der Waals surface area contributed by atoms with Crippen molar-refractivity contribution in [2.75, 3.05) is 18.1 Å². The summed E-state index contributed by atoms with van der Waals surface area (Å²) in [6, 6.07) is 4.49. The maximum Gasteiger partial charge on any atom is 0.171 e. The Balaban J connectivity index is 1.83. The second-order valence-electron chi connectivity index (χ2n) is 5.51. The van der Waals surface area contributed by atoms with E-state index in [1.54, 1.807) is 0 Å². The Kier molecular flexibility index (Phi) is 2.69. The molecule has 1 saturated heterocycles. The maximum atomic E-state index is 5.82. The van der Waals surface area contributed by atoms with Gasteiger partial charge >= 0.3 is 0 Å². The summed E-state index contributed by atoms with van der Waals surface area (Å²) >= 11 is 0. The number of anilines is 1. The van der Waals surface area contributed by atoms with Gasteiger partial charge < -0.3 is 9.64 Å². The number of nitrogens with zero attached hydrogens (tertiary/aromatic N) is 2. The van der Waals surface area contributed by atoms with E-state index in [0.29, 0.717) is 6.04 Å². The van der Waals surface area contributed by atoms with E-state index in [0.717, 1.165) is 36.6 Å². The first-order valence-electron chi connectivity index (χ1n) is 6.60. The molecular formula is C14H20N2O. The maximum absolute atomic E-state index is 5.82. The van der Waals surface area contributed by atoms with Gasteiger partial charge in [0.2, 0.25) is 0 Å². The van der Waals surface area contributed by atoms with Crippen LogP contribution >= 0.6 is 0 Å². The third-order valence-electron chi connectivity index (χ3n) is 4.15. The van der Waals surface area contributed by atoms with Crippen molar-refractivity contribution in [3.63, 3.8) is 0 Å². The van der Waals surface area contributed by atoms with E-state index in [2.05, 4.69) is 23.7 Å². The molecule has 0 bridgehead atoms. The first kappa shape index (κ1) is 10.9. The lowest BCUT2D eigenvalue weighted by Gasteiger charge is -2.44. The molecule has 0 N–H and O–H groups in total. The van der Waals surface area contributed by atoms with Crippen LogP contribution in [0.3, 0.4) is 0 Å². The quantitative estimate of drug-likeness (QED) is 0.744. The number of hydrogen-bond acceptors (Lipinski definition) is 3. The van der Waals surface area contributed by atoms with Crippen molar-refractivity contribution in [2.24, 2.45) is 11.8 Å². The molecule has 1 unspecified atom stereocenters. The van der Waals surface area contributed by atoms with Crippen LogP contribution in [0.5, 0.6) is 5.75 Å². The van der Waals surface area contributed by atoms with Crippen molar-refractivity contribution in [3.05, 3.63) is 18.3 Å². The highest BCUT2D eigenvalue weighted by Gasteiger charge is 2.35. The number of fused-ring (bicyclic) bond motifs is 3. The molecule has 0 amide bonds. The van der Waals surface area contributed by atoms with E-state index in [-0.39, 0.29) is 0 Å². The fourth-order valence-electron chi connectivity index (χ4n) is 3.02. The molecular weight excluding hydrogens is 212 g/mol. The molecule has 92 valence electrons. The highest BCUT2D eigenvalue weighted by molar-refractivity contribution is 5.55. The van der Waals surface area contributed by atoms with E-state index in [9.17, 15) is 0 Å². The summed E-state index contributed by atoms with van der Waals surface area (Å²) in [7, 11) is 0. The van der Waals surface area contributed by atoms with Crippen molar-refractivity contribution in [2.45, 2.75) is 32.7 Å². The van der Waals surface area contributed by atoms with Gasteiger partial charge in [0.1, 0.15) is 6.61 Å². The Morgan fingerprint density at radius 2 is 2.35 bits per heavy atom. The van der Waals surface area contributed by atoms with E-state index in [1.165, 1.54) is 12.8 Å². The molecule has 2 aliphatic rings. The van der Waals surface area contributed by atoms with Gasteiger partial charge in [-0.05, 0) is 36.8 Å². The fraction of sp³-hybridized carbons (Fsp3) is 0.643. The predicted octanol–water partition coefficient (Wildman–Crippen LogP) is 2.72. The lowest BCUT2D eigenvalue weighted by Crippen LogP contribution is -2.49. The summed E-state index contributed by atoms with van der Waals surface area (Å²) in [5.74, 6) is 3.62. The lowest BCUT2D eigenvalue weighted by molar-refractivity contribution is 0.189. The highest BCUT2D eigenvalue weighted by Crippen LogP contribution is 2.38. The van der Waals surface area contributed by atoms with Gasteiger partial charge in [-0.15, -0.1) is 0 Å². The van der Waals surface area contributed by atoms with Crippen LogP contribution in [0.25, 0.3) is 0 Å². The lowest BCUT2D eigenvalue weighted by atomic mass is 9.83. The van der Waals surface area contributed by atoms with Gasteiger partial charge in [-0.25, -0.2) is 4.98 Å². The Hall–Kier alpha value is -1.25. The van der Waals surface area contributed by atoms with Gasteiger partial charge in [0, 0.05) is 12.7 Å². The van der Waals surface area contributed by atoms with Crippen LogP contribution in [0.1, 0.15) is 26.7 Å². The first-order chi connectivity index (χ1) is 8.25. The van der Waals surface area contributed by atoms with Crippen LogP contribution in [0, 0.1) is 11.8 Å². The van der Waals surface area contributed by atoms with E-state index < -0.39 is 0 Å². The van der Waals surface area contributed by atoms with Gasteiger partial charge in [0.15, 0.2) is 11.6 Å². The zero-order valence-corrected chi connectivity index (χ0v) is 10.6. The molecule has 0 aliphatic carbocycles. The summed E-state index contributed by atoms with van der Waals surface area (Å²) in [5, 5.41) is 0. The molecule has 2 aliphatic heterocycles. The van der Waals surface area contributed by atoms with Crippen LogP contribution < -0.4 is 9.64 Å². The van der Waals surface area contributed by atoms with Gasteiger partial charge in [0.05, 0.1) is 6.04 Å². The van der Waals surface area contributed by atoms with Crippen LogP contribution in [0.4, 0.5) is 5.82 Å². The minimum absolute atomic E-state index is 0.526. The molecule has 0 aromatic carbocycles. The van der Waals surface area contributed by atoms with Crippen LogP contribution in [0.2, 0.25) is 0 Å². The molecule has 1 aromatic rings. The number of rotatable bonds is 1. The highest BCUT2D eigenvalue weighted by atomic mass is 16.5. The summed E-state index contributed by atoms with van der Waals surface area (Å²) < 4.78 is 5.82. The Morgan fingerprint density at radius 1 is 1.47 bits per heavy atom. The SMILES string of the molecule is CC(C)C1CCN2c3ncccc3OC[C@@H]2C1. The number of ether oxygens (including phenoxy) is 1. The monoisotopic (exact) mass is 232 g/mol. The smallest absolute Gasteiger partial charge is 0.171 e. The van der Waals surface area contributed by atoms with Crippen molar-refractivity contribution in [3.8, 4) is 5.75 Å². The molecule has 3 nitrogen and oxygen atoms in total. The standard InChI is InChI=1S/C14H20N2O/c1-10(2)11-5-7-16-12(8-11)9-17-13-4-3-6-15-14(13)16/h3-4,6,10-12H,5,7-9H2,1-2H3/t11?,12-/m0/s1. The molecule has 1 aromatic heterocycles. The fourth-order valence-corrected chi connectivity index (χ4v) is 3.02. The molecule has 3 heterocycles. The Morgan fingerprint density at radius 3 is 3.18 bits per heavy atom. The first-order valence-corrected chi connectivity index (χ1v) is 6.60. The van der Waals surface area contributed by atoms with Crippen LogP contribution in [-0.2, 0) is 0 Å². The van der Waals surface area contributed by atoms with Crippen molar-refractivity contribution >= 4 is 5.82 Å². The minimum Gasteiger partial charge on any atom is -0.488 e. The van der Waals surface area contributed by atoms with E-state index in [1.807, 2.05) is 18.3 Å². The molecule has 0 saturated carbocycles. The average molecular weight is 232 g/mol. The summed E-state index contributed by atoms with van der Waals surface area (Å²) in [6.45, 7) is 6.61. The molecule has 0 spiro atoms. The van der Waals surface area contributed by atoms with Crippen molar-refractivity contribution in [1.82, 2.24) is 4.98 Å². The second kappa shape index (κ2) is 4.21. The molecule has 1 fully saturated rings. The Labute approximate surface area is 103 Å². The summed E-state index contributed by atoms with van der Waals surface area (Å²) in [6.07, 6.45) is 4.39. The van der Waals surface area contributed by atoms with Gasteiger partial charge in [-0.2, -0.15) is 0 Å². The molecule has 17 heavy (non-hydrogen) atoms. The predicted molar refractivity (Wildman–Crippen MR) is 68.4 cm³/mol. The zero-order chi connectivity index (χ0) is 11.8. The van der Waals surface area contributed by atoms with Gasteiger partial charge in [-0.3, -0.25) is 0 Å². The normalized spacial score (nSPS) is 27.4. The topological polar surface area (TPSA) is 25.4 Å². The number of piperidine rings is 1. The Bertz CT molecular complexity index is 405. The van der Waals surface area contributed by atoms with Crippen LogP contribution in [0.15, 0.2) is 18.3 Å². The van der Waals surface area contributed by atoms with E-state index in [4.69, 9.17) is 4.74 Å². The van der Waals surface area contributed by atoms with Gasteiger partial charge in [-0.1, -0.05) is 13.8 Å². The number of aromatic nitrogens is 1. The van der Waals surface area contributed by atoms with Crippen LogP contribution in [-0.4, -0.2) is 24.2 Å².